The predicted octanol–water partition coefficient (Wildman–Crippen LogP) is 2.89. The fourth-order valence-corrected chi connectivity index (χ4v) is 3.56. The van der Waals surface area contributed by atoms with Crippen LogP contribution in [0.25, 0.3) is 0 Å². The summed E-state index contributed by atoms with van der Waals surface area (Å²) >= 11 is 0. The lowest BCUT2D eigenvalue weighted by Gasteiger charge is -2.40. The van der Waals surface area contributed by atoms with Crippen molar-refractivity contribution >= 4 is 5.95 Å². The lowest BCUT2D eigenvalue weighted by molar-refractivity contribution is -0.154. The molecule has 1 aromatic heterocycles. The average molecular weight is 447 g/mol. The van der Waals surface area contributed by atoms with Gasteiger partial charge in [0.25, 0.3) is 6.43 Å². The van der Waals surface area contributed by atoms with Gasteiger partial charge in [-0.2, -0.15) is 18.2 Å². The number of aromatic nitrogens is 3. The zero-order valence-corrected chi connectivity index (χ0v) is 16.8. The summed E-state index contributed by atoms with van der Waals surface area (Å²) in [5, 5.41) is 2.40. The molecule has 0 saturated carbocycles. The summed E-state index contributed by atoms with van der Waals surface area (Å²) in [5.74, 6) is -0.587. The van der Waals surface area contributed by atoms with E-state index < -0.39 is 42.6 Å². The second-order valence-corrected chi connectivity index (χ2v) is 7.77. The van der Waals surface area contributed by atoms with E-state index in [1.54, 1.807) is 26.0 Å². The molecule has 1 aliphatic rings. The van der Waals surface area contributed by atoms with Crippen LogP contribution in [0.4, 0.5) is 27.9 Å². The normalized spacial score (nSPS) is 16.5. The van der Waals surface area contributed by atoms with Gasteiger partial charge in [0.1, 0.15) is 6.04 Å². The Morgan fingerprint density at radius 2 is 1.90 bits per heavy atom. The van der Waals surface area contributed by atoms with Crippen molar-refractivity contribution in [2.75, 3.05) is 25.0 Å². The summed E-state index contributed by atoms with van der Waals surface area (Å²) in [4.78, 5) is 31.2. The van der Waals surface area contributed by atoms with Crippen LogP contribution in [0.2, 0.25) is 0 Å². The summed E-state index contributed by atoms with van der Waals surface area (Å²) in [6.07, 6.45) is -7.19. The van der Waals surface area contributed by atoms with Gasteiger partial charge in [-0.15, -0.1) is 0 Å². The van der Waals surface area contributed by atoms with E-state index in [0.717, 1.165) is 4.57 Å². The molecule has 1 saturated heterocycles. The first-order chi connectivity index (χ1) is 14.4. The maximum absolute atomic E-state index is 13.8. The zero-order valence-electron chi connectivity index (χ0n) is 16.8. The Morgan fingerprint density at radius 3 is 2.45 bits per heavy atom. The molecule has 0 unspecified atom stereocenters. The molecule has 12 heteroatoms. The molecule has 0 spiro atoms. The van der Waals surface area contributed by atoms with Crippen molar-refractivity contribution in [3.8, 4) is 0 Å². The van der Waals surface area contributed by atoms with E-state index >= 15 is 0 Å². The maximum Gasteiger partial charge on any atom is 0.401 e. The van der Waals surface area contributed by atoms with Crippen LogP contribution in [0.1, 0.15) is 43.0 Å². The Hall–Kier alpha value is -2.76. The smallest absolute Gasteiger partial charge is 0.343 e. The molecular formula is C19H22F5N5O2. The molecule has 2 aromatic rings. The zero-order chi connectivity index (χ0) is 22.9. The van der Waals surface area contributed by atoms with Crippen molar-refractivity contribution in [3.63, 3.8) is 0 Å². The van der Waals surface area contributed by atoms with Crippen LogP contribution in [0.5, 0.6) is 0 Å². The first-order valence-corrected chi connectivity index (χ1v) is 9.61. The number of H-pyrrole nitrogens is 1. The standard InChI is InChI=1S/C19H22F5N5O2/c1-10(2)29-17(30)26-16(27-18(29)31)25-14(15(20)21)12-5-3-4-11(6-12)13-7-28(8-13)9-19(22,23)24/h3-6,10,13-15H,7-9H2,1-2H3,(H2,25,26,27,30,31)/t14-/m1/s1. The van der Waals surface area contributed by atoms with Gasteiger partial charge in [0.2, 0.25) is 5.95 Å². The van der Waals surface area contributed by atoms with Gasteiger partial charge in [0, 0.05) is 25.0 Å². The minimum absolute atomic E-state index is 0.164. The highest BCUT2D eigenvalue weighted by Crippen LogP contribution is 2.32. The van der Waals surface area contributed by atoms with Crippen LogP contribution in [-0.4, -0.2) is 51.7 Å². The Kier molecular flexibility index (Phi) is 6.48. The summed E-state index contributed by atoms with van der Waals surface area (Å²) in [6, 6.07) is 4.11. The van der Waals surface area contributed by atoms with Gasteiger partial charge in [-0.3, -0.25) is 9.88 Å². The first-order valence-electron chi connectivity index (χ1n) is 9.61. The molecule has 7 nitrogen and oxygen atoms in total. The molecule has 1 atom stereocenters. The summed E-state index contributed by atoms with van der Waals surface area (Å²) in [7, 11) is 0. The second-order valence-electron chi connectivity index (χ2n) is 7.77. The molecule has 170 valence electrons. The van der Waals surface area contributed by atoms with E-state index in [-0.39, 0.29) is 30.5 Å². The SMILES string of the molecule is CC(C)n1c(=O)nc(N[C@H](c2cccc(C3CN(CC(F)(F)F)C3)c2)C(F)F)[nH]c1=O. The fraction of sp³-hybridized carbons (Fsp3) is 0.526. The number of likely N-dealkylation sites (tertiary alicyclic amines) is 1. The molecule has 3 rings (SSSR count). The molecular weight excluding hydrogens is 425 g/mol. The molecule has 2 N–H and O–H groups in total. The van der Waals surface area contributed by atoms with E-state index in [4.69, 9.17) is 0 Å². The fourth-order valence-electron chi connectivity index (χ4n) is 3.56. The van der Waals surface area contributed by atoms with Gasteiger partial charge in [-0.05, 0) is 25.0 Å². The van der Waals surface area contributed by atoms with Crippen LogP contribution in [0, 0.1) is 0 Å². The van der Waals surface area contributed by atoms with Crippen LogP contribution in [0.15, 0.2) is 33.9 Å². The Balaban J connectivity index is 1.78. The van der Waals surface area contributed by atoms with E-state index in [2.05, 4.69) is 15.3 Å². The van der Waals surface area contributed by atoms with Crippen molar-refractivity contribution in [1.29, 1.82) is 0 Å². The predicted molar refractivity (Wildman–Crippen MR) is 104 cm³/mol. The van der Waals surface area contributed by atoms with Crippen molar-refractivity contribution in [2.45, 2.75) is 44.5 Å². The van der Waals surface area contributed by atoms with Crippen molar-refractivity contribution in [2.24, 2.45) is 0 Å². The Bertz CT molecular complexity index is 996. The average Bonchev–Trinajstić information content (AvgIpc) is 2.60. The summed E-state index contributed by atoms with van der Waals surface area (Å²) in [6.45, 7) is 2.56. The van der Waals surface area contributed by atoms with Gasteiger partial charge in [-0.1, -0.05) is 24.3 Å². The highest BCUT2D eigenvalue weighted by atomic mass is 19.4. The third kappa shape index (κ3) is 5.49. The quantitative estimate of drug-likeness (QED) is 0.638. The number of aromatic amines is 1. The number of rotatable bonds is 7. The number of benzene rings is 1. The van der Waals surface area contributed by atoms with E-state index in [0.29, 0.717) is 5.56 Å². The van der Waals surface area contributed by atoms with Crippen LogP contribution in [0.3, 0.4) is 0 Å². The Morgan fingerprint density at radius 1 is 1.23 bits per heavy atom. The van der Waals surface area contributed by atoms with Gasteiger partial charge in [-0.25, -0.2) is 22.9 Å². The van der Waals surface area contributed by atoms with Crippen molar-refractivity contribution < 1.29 is 22.0 Å². The van der Waals surface area contributed by atoms with Crippen LogP contribution < -0.4 is 16.7 Å². The molecule has 2 heterocycles. The minimum atomic E-state index is -4.29. The first kappa shape index (κ1) is 22.9. The van der Waals surface area contributed by atoms with Crippen LogP contribution >= 0.6 is 0 Å². The van der Waals surface area contributed by atoms with Crippen molar-refractivity contribution in [1.82, 2.24) is 19.4 Å². The number of hydrogen-bond acceptors (Lipinski definition) is 5. The van der Waals surface area contributed by atoms with Gasteiger partial charge < -0.3 is 5.32 Å². The third-order valence-electron chi connectivity index (χ3n) is 5.02. The minimum Gasteiger partial charge on any atom is -0.343 e. The monoisotopic (exact) mass is 447 g/mol. The number of nitrogens with one attached hydrogen (secondary N) is 2. The molecule has 1 fully saturated rings. The lowest BCUT2D eigenvalue weighted by atomic mass is 9.89. The molecule has 1 aliphatic heterocycles. The summed E-state index contributed by atoms with van der Waals surface area (Å²) < 4.78 is 65.7. The summed E-state index contributed by atoms with van der Waals surface area (Å²) in [5.41, 5.74) is -0.849. The number of hydrogen-bond donors (Lipinski definition) is 2. The topological polar surface area (TPSA) is 83.0 Å². The van der Waals surface area contributed by atoms with Gasteiger partial charge in [0.15, 0.2) is 0 Å². The number of nitrogens with zero attached hydrogens (tertiary/aromatic N) is 3. The number of anilines is 1. The molecule has 0 bridgehead atoms. The van der Waals surface area contributed by atoms with Gasteiger partial charge in [0.05, 0.1) is 6.54 Å². The molecule has 31 heavy (non-hydrogen) atoms. The van der Waals surface area contributed by atoms with Crippen molar-refractivity contribution in [3.05, 3.63) is 56.4 Å². The number of halogens is 5. The van der Waals surface area contributed by atoms with Crippen LogP contribution in [-0.2, 0) is 0 Å². The molecule has 1 aromatic carbocycles. The second kappa shape index (κ2) is 8.77. The highest BCUT2D eigenvalue weighted by Gasteiger charge is 2.37. The third-order valence-corrected chi connectivity index (χ3v) is 5.02. The Labute approximate surface area is 173 Å². The maximum atomic E-state index is 13.8. The van der Waals surface area contributed by atoms with E-state index in [1.807, 2.05) is 0 Å². The number of alkyl halides is 5. The molecule has 0 amide bonds. The largest absolute Gasteiger partial charge is 0.401 e. The highest BCUT2D eigenvalue weighted by molar-refractivity contribution is 5.36. The molecule has 0 aliphatic carbocycles. The van der Waals surface area contributed by atoms with Gasteiger partial charge >= 0.3 is 17.6 Å². The van der Waals surface area contributed by atoms with E-state index in [9.17, 15) is 31.5 Å². The molecule has 0 radical (unpaired) electrons. The van der Waals surface area contributed by atoms with E-state index in [1.165, 1.54) is 17.0 Å². The lowest BCUT2D eigenvalue weighted by Crippen LogP contribution is -2.49.